The van der Waals surface area contributed by atoms with Crippen molar-refractivity contribution in [3.8, 4) is 5.75 Å². The van der Waals surface area contributed by atoms with E-state index in [1.54, 1.807) is 25.3 Å². The number of rotatable bonds is 5. The summed E-state index contributed by atoms with van der Waals surface area (Å²) in [6, 6.07) is 12.5. The minimum Gasteiger partial charge on any atom is -0.495 e. The Balaban J connectivity index is 1.93. The van der Waals surface area contributed by atoms with Gasteiger partial charge in [-0.1, -0.05) is 23.7 Å². The molecule has 2 rings (SSSR count). The van der Waals surface area contributed by atoms with Crippen molar-refractivity contribution in [3.63, 3.8) is 0 Å². The molecule has 0 aliphatic rings. The maximum absolute atomic E-state index is 11.9. The summed E-state index contributed by atoms with van der Waals surface area (Å²) in [6.45, 7) is 0. The van der Waals surface area contributed by atoms with Crippen LogP contribution in [0.4, 0.5) is 11.4 Å². The highest BCUT2D eigenvalue weighted by molar-refractivity contribution is 8.00. The number of carbonyl (C=O) groups excluding carboxylic acids is 1. The van der Waals surface area contributed by atoms with E-state index in [0.717, 1.165) is 4.90 Å². The van der Waals surface area contributed by atoms with Crippen LogP contribution in [-0.4, -0.2) is 18.8 Å². The molecular weight excluding hydrogens is 308 g/mol. The molecule has 110 valence electrons. The van der Waals surface area contributed by atoms with Crippen LogP contribution in [0.3, 0.4) is 0 Å². The van der Waals surface area contributed by atoms with Gasteiger partial charge >= 0.3 is 0 Å². The van der Waals surface area contributed by atoms with Crippen LogP contribution >= 0.6 is 23.4 Å². The SMILES string of the molecule is COc1ccc(NC(=O)CSc2ccccc2N)cc1Cl. The Bertz CT molecular complexity index is 649. The summed E-state index contributed by atoms with van der Waals surface area (Å²) in [7, 11) is 1.54. The maximum atomic E-state index is 11.9. The Kier molecular flexibility index (Phi) is 5.36. The largest absolute Gasteiger partial charge is 0.495 e. The van der Waals surface area contributed by atoms with Gasteiger partial charge in [-0.05, 0) is 30.3 Å². The topological polar surface area (TPSA) is 64.3 Å². The molecule has 0 saturated carbocycles. The van der Waals surface area contributed by atoms with E-state index in [-0.39, 0.29) is 11.7 Å². The third-order valence-corrected chi connectivity index (χ3v) is 4.10. The number of methoxy groups -OCH3 is 1. The fourth-order valence-electron chi connectivity index (χ4n) is 1.70. The van der Waals surface area contributed by atoms with Crippen molar-refractivity contribution in [2.75, 3.05) is 23.9 Å². The lowest BCUT2D eigenvalue weighted by molar-refractivity contribution is -0.113. The molecule has 2 aromatic rings. The van der Waals surface area contributed by atoms with Crippen molar-refractivity contribution in [2.45, 2.75) is 4.90 Å². The van der Waals surface area contributed by atoms with Gasteiger partial charge in [0.1, 0.15) is 5.75 Å². The van der Waals surface area contributed by atoms with Crippen LogP contribution in [0.25, 0.3) is 0 Å². The Morgan fingerprint density at radius 2 is 2.10 bits per heavy atom. The van der Waals surface area contributed by atoms with Crippen LogP contribution in [0.2, 0.25) is 5.02 Å². The van der Waals surface area contributed by atoms with Crippen LogP contribution in [-0.2, 0) is 4.79 Å². The number of halogens is 1. The van der Waals surface area contributed by atoms with Gasteiger partial charge in [-0.3, -0.25) is 4.79 Å². The predicted molar refractivity (Wildman–Crippen MR) is 88.2 cm³/mol. The fourth-order valence-corrected chi connectivity index (χ4v) is 2.72. The average Bonchev–Trinajstić information content (AvgIpc) is 2.46. The zero-order valence-corrected chi connectivity index (χ0v) is 13.0. The van der Waals surface area contributed by atoms with Crippen LogP contribution in [0.15, 0.2) is 47.4 Å². The van der Waals surface area contributed by atoms with E-state index in [1.807, 2.05) is 24.3 Å². The number of benzene rings is 2. The van der Waals surface area contributed by atoms with Crippen LogP contribution < -0.4 is 15.8 Å². The minimum absolute atomic E-state index is 0.121. The zero-order chi connectivity index (χ0) is 15.2. The van der Waals surface area contributed by atoms with Crippen molar-refractivity contribution in [1.82, 2.24) is 0 Å². The smallest absolute Gasteiger partial charge is 0.234 e. The normalized spacial score (nSPS) is 10.2. The van der Waals surface area contributed by atoms with Crippen molar-refractivity contribution in [3.05, 3.63) is 47.5 Å². The highest BCUT2D eigenvalue weighted by atomic mass is 35.5. The molecule has 0 atom stereocenters. The molecule has 0 aromatic heterocycles. The van der Waals surface area contributed by atoms with E-state index in [4.69, 9.17) is 22.1 Å². The van der Waals surface area contributed by atoms with Gasteiger partial charge in [0.2, 0.25) is 5.91 Å². The molecule has 0 aliphatic carbocycles. The molecule has 0 spiro atoms. The number of carbonyl (C=O) groups is 1. The summed E-state index contributed by atoms with van der Waals surface area (Å²) in [5.41, 5.74) is 7.13. The first-order valence-corrected chi connectivity index (χ1v) is 7.57. The molecule has 4 nitrogen and oxygen atoms in total. The van der Waals surface area contributed by atoms with E-state index < -0.39 is 0 Å². The number of amides is 1. The number of nitrogens with two attached hydrogens (primary N) is 1. The number of thioether (sulfide) groups is 1. The lowest BCUT2D eigenvalue weighted by Gasteiger charge is -2.08. The molecule has 2 aromatic carbocycles. The lowest BCUT2D eigenvalue weighted by Crippen LogP contribution is -2.14. The number of nitrogen functional groups attached to an aromatic ring is 1. The molecule has 6 heteroatoms. The number of hydrogen-bond acceptors (Lipinski definition) is 4. The number of anilines is 2. The molecule has 0 heterocycles. The van der Waals surface area contributed by atoms with E-state index in [9.17, 15) is 4.79 Å². The second-order valence-corrected chi connectivity index (χ2v) is 5.65. The molecule has 0 saturated heterocycles. The first-order valence-electron chi connectivity index (χ1n) is 6.21. The van der Waals surface area contributed by atoms with Crippen molar-refractivity contribution >= 4 is 40.6 Å². The summed E-state index contributed by atoms with van der Waals surface area (Å²) >= 11 is 7.40. The van der Waals surface area contributed by atoms with E-state index in [0.29, 0.717) is 22.1 Å². The third-order valence-electron chi connectivity index (χ3n) is 2.71. The quantitative estimate of drug-likeness (QED) is 0.651. The molecule has 21 heavy (non-hydrogen) atoms. The van der Waals surface area contributed by atoms with Gasteiger partial charge in [-0.25, -0.2) is 0 Å². The summed E-state index contributed by atoms with van der Waals surface area (Å²) in [6.07, 6.45) is 0. The van der Waals surface area contributed by atoms with Gasteiger partial charge in [0.05, 0.1) is 17.9 Å². The Labute approximate surface area is 132 Å². The van der Waals surface area contributed by atoms with E-state index in [2.05, 4.69) is 5.32 Å². The number of hydrogen-bond donors (Lipinski definition) is 2. The van der Waals surface area contributed by atoms with Gasteiger partial charge in [-0.2, -0.15) is 0 Å². The molecule has 0 unspecified atom stereocenters. The zero-order valence-electron chi connectivity index (χ0n) is 11.4. The predicted octanol–water partition coefficient (Wildman–Crippen LogP) is 3.66. The van der Waals surface area contributed by atoms with Crippen molar-refractivity contribution in [1.29, 1.82) is 0 Å². The number of para-hydroxylation sites is 1. The maximum Gasteiger partial charge on any atom is 0.234 e. The molecule has 0 bridgehead atoms. The Morgan fingerprint density at radius 1 is 1.33 bits per heavy atom. The monoisotopic (exact) mass is 322 g/mol. The highest BCUT2D eigenvalue weighted by Crippen LogP contribution is 2.28. The Hall–Kier alpha value is -1.85. The standard InChI is InChI=1S/C15H15ClN2O2S/c1-20-13-7-6-10(8-11(13)16)18-15(19)9-21-14-5-3-2-4-12(14)17/h2-8H,9,17H2,1H3,(H,18,19). The van der Waals surface area contributed by atoms with E-state index in [1.165, 1.54) is 11.8 Å². The van der Waals surface area contributed by atoms with Crippen LogP contribution in [0.5, 0.6) is 5.75 Å². The average molecular weight is 323 g/mol. The summed E-state index contributed by atoms with van der Waals surface area (Å²) in [5.74, 6) is 0.725. The Morgan fingerprint density at radius 3 is 2.76 bits per heavy atom. The number of nitrogens with one attached hydrogen (secondary N) is 1. The van der Waals surface area contributed by atoms with Crippen molar-refractivity contribution < 1.29 is 9.53 Å². The van der Waals surface area contributed by atoms with Crippen molar-refractivity contribution in [2.24, 2.45) is 0 Å². The molecule has 1 amide bonds. The second-order valence-electron chi connectivity index (χ2n) is 4.22. The summed E-state index contributed by atoms with van der Waals surface area (Å²) < 4.78 is 5.06. The van der Waals surface area contributed by atoms with Gasteiger partial charge in [-0.15, -0.1) is 11.8 Å². The second kappa shape index (κ2) is 7.24. The summed E-state index contributed by atoms with van der Waals surface area (Å²) in [5, 5.41) is 3.24. The minimum atomic E-state index is -0.121. The van der Waals surface area contributed by atoms with Gasteiger partial charge in [0, 0.05) is 16.3 Å². The molecule has 0 radical (unpaired) electrons. The molecule has 0 fully saturated rings. The fraction of sp³-hybridized carbons (Fsp3) is 0.133. The summed E-state index contributed by atoms with van der Waals surface area (Å²) in [4.78, 5) is 12.8. The molecule has 3 N–H and O–H groups in total. The third kappa shape index (κ3) is 4.31. The van der Waals surface area contributed by atoms with Crippen LogP contribution in [0, 0.1) is 0 Å². The lowest BCUT2D eigenvalue weighted by atomic mass is 10.3. The molecular formula is C15H15ClN2O2S. The van der Waals surface area contributed by atoms with E-state index >= 15 is 0 Å². The first kappa shape index (κ1) is 15.5. The highest BCUT2D eigenvalue weighted by Gasteiger charge is 2.07. The van der Waals surface area contributed by atoms with Crippen LogP contribution in [0.1, 0.15) is 0 Å². The van der Waals surface area contributed by atoms with Gasteiger partial charge < -0.3 is 15.8 Å². The first-order chi connectivity index (χ1) is 10.1. The van der Waals surface area contributed by atoms with Gasteiger partial charge in [0.25, 0.3) is 0 Å². The van der Waals surface area contributed by atoms with Gasteiger partial charge in [0.15, 0.2) is 0 Å². The number of ether oxygens (including phenoxy) is 1. The molecule has 0 aliphatic heterocycles.